The van der Waals surface area contributed by atoms with Crippen LogP contribution in [0.2, 0.25) is 0 Å². The van der Waals surface area contributed by atoms with Crippen LogP contribution in [0.1, 0.15) is 25.2 Å². The highest BCUT2D eigenvalue weighted by atomic mass is 16.6. The lowest BCUT2D eigenvalue weighted by Crippen LogP contribution is -2.02. The van der Waals surface area contributed by atoms with Crippen LogP contribution in [0.3, 0.4) is 0 Å². The number of aromatic nitrogens is 1. The van der Waals surface area contributed by atoms with Crippen molar-refractivity contribution < 1.29 is 9.68 Å². The molecule has 0 fully saturated rings. The van der Waals surface area contributed by atoms with Gasteiger partial charge >= 0.3 is 0 Å². The summed E-state index contributed by atoms with van der Waals surface area (Å²) in [4.78, 5) is 14.1. The van der Waals surface area contributed by atoms with Crippen molar-refractivity contribution in [3.63, 3.8) is 0 Å². The third-order valence-electron chi connectivity index (χ3n) is 3.53. The molecule has 25 heavy (non-hydrogen) atoms. The summed E-state index contributed by atoms with van der Waals surface area (Å²) in [7, 11) is 0. The summed E-state index contributed by atoms with van der Waals surface area (Å²) < 4.78 is 0. The molecule has 0 saturated carbocycles. The van der Waals surface area contributed by atoms with E-state index in [0.29, 0.717) is 11.5 Å². The van der Waals surface area contributed by atoms with Crippen LogP contribution in [0.4, 0.5) is 0 Å². The molecule has 0 aliphatic carbocycles. The highest BCUT2D eigenvalue weighted by Crippen LogP contribution is 2.12. The molecule has 5 heteroatoms. The first-order chi connectivity index (χ1) is 12.2. The minimum Gasteiger partial charge on any atom is -0.357 e. The van der Waals surface area contributed by atoms with Gasteiger partial charge in [0.25, 0.3) is 0 Å². The summed E-state index contributed by atoms with van der Waals surface area (Å²) in [6.07, 6.45) is 0. The summed E-state index contributed by atoms with van der Waals surface area (Å²) in [5.74, 6) is 1.39. The van der Waals surface area contributed by atoms with Crippen molar-refractivity contribution in [2.75, 3.05) is 0 Å². The van der Waals surface area contributed by atoms with E-state index in [1.165, 1.54) is 0 Å². The van der Waals surface area contributed by atoms with Crippen molar-refractivity contribution >= 4 is 11.4 Å². The number of nitrogens with zero attached hydrogens (tertiary/aromatic N) is 2. The Morgan fingerprint density at radius 3 is 1.44 bits per heavy atom. The Morgan fingerprint density at radius 2 is 1.04 bits per heavy atom. The molecular weight excluding hydrogens is 314 g/mol. The van der Waals surface area contributed by atoms with Gasteiger partial charge in [0, 0.05) is 0 Å². The number of oxime groups is 2. The molecule has 0 radical (unpaired) electrons. The molecule has 2 aromatic carbocycles. The number of H-pyrrole nitrogens is 1. The van der Waals surface area contributed by atoms with Gasteiger partial charge in [-0.2, -0.15) is 0 Å². The van der Waals surface area contributed by atoms with Crippen molar-refractivity contribution in [3.05, 3.63) is 84.2 Å². The van der Waals surface area contributed by atoms with Gasteiger partial charge in [0.2, 0.25) is 0 Å². The molecule has 3 rings (SSSR count). The first kappa shape index (κ1) is 16.5. The van der Waals surface area contributed by atoms with E-state index in [2.05, 4.69) is 15.3 Å². The number of hydrogen-bond acceptors (Lipinski definition) is 4. The van der Waals surface area contributed by atoms with E-state index in [1.807, 2.05) is 86.6 Å². The first-order valence-corrected chi connectivity index (χ1v) is 7.95. The van der Waals surface area contributed by atoms with E-state index < -0.39 is 0 Å². The number of para-hydroxylation sites is 2. The van der Waals surface area contributed by atoms with Gasteiger partial charge in [-0.05, 0) is 50.2 Å². The number of aromatic amines is 1. The van der Waals surface area contributed by atoms with Crippen molar-refractivity contribution in [1.29, 1.82) is 0 Å². The standard InChI is InChI=1S/C20H19N3O2/c1-15(22-24-17-9-5-3-6-10-17)19-13-14-20(21-19)16(2)23-25-18-11-7-4-8-12-18/h3-14,21H,1-2H3/b22-15+,23-16?. The molecule has 0 bridgehead atoms. The Kier molecular flexibility index (Phi) is 5.26. The fraction of sp³-hybridized carbons (Fsp3) is 0.100. The number of benzene rings is 2. The van der Waals surface area contributed by atoms with Crippen molar-refractivity contribution in [3.8, 4) is 11.5 Å². The quantitative estimate of drug-likeness (QED) is 0.528. The summed E-state index contributed by atoms with van der Waals surface area (Å²) in [6, 6.07) is 22.8. The van der Waals surface area contributed by atoms with Crippen LogP contribution < -0.4 is 9.68 Å². The minimum absolute atomic E-state index is 0.697. The summed E-state index contributed by atoms with van der Waals surface area (Å²) >= 11 is 0. The molecular formula is C20H19N3O2. The summed E-state index contributed by atoms with van der Waals surface area (Å²) in [6.45, 7) is 3.76. The van der Waals surface area contributed by atoms with E-state index in [0.717, 1.165) is 22.8 Å². The second kappa shape index (κ2) is 7.97. The van der Waals surface area contributed by atoms with Crippen LogP contribution in [0.25, 0.3) is 0 Å². The zero-order valence-electron chi connectivity index (χ0n) is 14.1. The smallest absolute Gasteiger partial charge is 0.157 e. The number of nitrogens with one attached hydrogen (secondary N) is 1. The minimum atomic E-state index is 0.697. The largest absolute Gasteiger partial charge is 0.357 e. The van der Waals surface area contributed by atoms with E-state index in [9.17, 15) is 0 Å². The van der Waals surface area contributed by atoms with Gasteiger partial charge in [0.05, 0.1) is 11.4 Å². The van der Waals surface area contributed by atoms with Gasteiger partial charge in [-0.15, -0.1) is 0 Å². The highest BCUT2D eigenvalue weighted by Gasteiger charge is 2.06. The third kappa shape index (κ3) is 4.57. The van der Waals surface area contributed by atoms with Gasteiger partial charge in [-0.1, -0.05) is 46.7 Å². The molecule has 3 aromatic rings. The van der Waals surface area contributed by atoms with Gasteiger partial charge in [-0.25, -0.2) is 0 Å². The van der Waals surface area contributed by atoms with Gasteiger partial charge in [0.15, 0.2) is 11.5 Å². The molecule has 0 spiro atoms. The van der Waals surface area contributed by atoms with Crippen LogP contribution in [0.5, 0.6) is 11.5 Å². The number of hydrogen-bond donors (Lipinski definition) is 1. The van der Waals surface area contributed by atoms with Gasteiger partial charge in [0.1, 0.15) is 11.4 Å². The zero-order valence-corrected chi connectivity index (χ0v) is 14.1. The third-order valence-corrected chi connectivity index (χ3v) is 3.53. The second-order valence-corrected chi connectivity index (χ2v) is 5.45. The molecule has 0 amide bonds. The van der Waals surface area contributed by atoms with Crippen LogP contribution in [-0.2, 0) is 0 Å². The molecule has 0 aliphatic heterocycles. The Labute approximate surface area is 146 Å². The zero-order chi connectivity index (χ0) is 17.5. The van der Waals surface area contributed by atoms with Crippen LogP contribution >= 0.6 is 0 Å². The maximum Gasteiger partial charge on any atom is 0.157 e. The van der Waals surface area contributed by atoms with Crippen molar-refractivity contribution in [2.24, 2.45) is 10.3 Å². The molecule has 5 nitrogen and oxygen atoms in total. The van der Waals surface area contributed by atoms with Gasteiger partial charge in [-0.3, -0.25) is 0 Å². The fourth-order valence-corrected chi connectivity index (χ4v) is 2.12. The lowest BCUT2D eigenvalue weighted by molar-refractivity contribution is 0.341. The lowest BCUT2D eigenvalue weighted by Gasteiger charge is -2.01. The Bertz CT molecular complexity index is 796. The first-order valence-electron chi connectivity index (χ1n) is 7.95. The van der Waals surface area contributed by atoms with Crippen molar-refractivity contribution in [2.45, 2.75) is 13.8 Å². The van der Waals surface area contributed by atoms with E-state index in [4.69, 9.17) is 9.68 Å². The van der Waals surface area contributed by atoms with Crippen LogP contribution in [-0.4, -0.2) is 16.4 Å². The molecule has 1 aromatic heterocycles. The number of rotatable bonds is 6. The predicted molar refractivity (Wildman–Crippen MR) is 99.4 cm³/mol. The molecule has 126 valence electrons. The van der Waals surface area contributed by atoms with Gasteiger partial charge < -0.3 is 14.7 Å². The normalized spacial score (nSPS) is 12.1. The molecule has 0 aliphatic rings. The van der Waals surface area contributed by atoms with E-state index in [-0.39, 0.29) is 0 Å². The fourth-order valence-electron chi connectivity index (χ4n) is 2.12. The molecule has 0 unspecified atom stereocenters. The Hall–Kier alpha value is -3.34. The van der Waals surface area contributed by atoms with Crippen LogP contribution in [0, 0.1) is 0 Å². The summed E-state index contributed by atoms with van der Waals surface area (Å²) in [5, 5.41) is 8.29. The second-order valence-electron chi connectivity index (χ2n) is 5.45. The monoisotopic (exact) mass is 333 g/mol. The topological polar surface area (TPSA) is 59.0 Å². The van der Waals surface area contributed by atoms with E-state index >= 15 is 0 Å². The van der Waals surface area contributed by atoms with Crippen LogP contribution in [0.15, 0.2) is 83.1 Å². The molecule has 0 saturated heterocycles. The SMILES string of the molecule is CC(=NOc1ccccc1)c1ccc(/C(C)=N/Oc2ccccc2)[nH]1. The Balaban J connectivity index is 1.66. The predicted octanol–water partition coefficient (Wildman–Crippen LogP) is 4.62. The maximum atomic E-state index is 5.41. The Morgan fingerprint density at radius 1 is 0.640 bits per heavy atom. The molecule has 1 heterocycles. The van der Waals surface area contributed by atoms with Crippen molar-refractivity contribution in [1.82, 2.24) is 4.98 Å². The average molecular weight is 333 g/mol. The molecule has 1 N–H and O–H groups in total. The summed E-state index contributed by atoms with van der Waals surface area (Å²) in [5.41, 5.74) is 3.21. The highest BCUT2D eigenvalue weighted by molar-refractivity contribution is 6.01. The van der Waals surface area contributed by atoms with E-state index in [1.54, 1.807) is 0 Å². The average Bonchev–Trinajstić information content (AvgIpc) is 3.16. The molecule has 0 atom stereocenters. The maximum absolute atomic E-state index is 5.41. The lowest BCUT2D eigenvalue weighted by atomic mass is 10.3.